The number of pyridine rings is 1. The zero-order valence-electron chi connectivity index (χ0n) is 13.2. The van der Waals surface area contributed by atoms with Gasteiger partial charge in [0.1, 0.15) is 0 Å². The molecule has 7 nitrogen and oxygen atoms in total. The first-order valence-electron chi connectivity index (χ1n) is 8.17. The van der Waals surface area contributed by atoms with Crippen molar-refractivity contribution >= 4 is 11.7 Å². The molecule has 2 saturated heterocycles. The van der Waals surface area contributed by atoms with Gasteiger partial charge in [-0.2, -0.15) is 0 Å². The molecule has 0 unspecified atom stereocenters. The van der Waals surface area contributed by atoms with Crippen LogP contribution in [0, 0.1) is 5.92 Å². The minimum atomic E-state index is -0.199. The molecule has 1 aromatic heterocycles. The molecular formula is C16H24N4O3. The van der Waals surface area contributed by atoms with Crippen molar-refractivity contribution in [3.05, 3.63) is 24.5 Å². The molecule has 0 aliphatic carbocycles. The molecular weight excluding hydrogens is 296 g/mol. The molecule has 0 saturated carbocycles. The summed E-state index contributed by atoms with van der Waals surface area (Å²) in [5.41, 5.74) is 0.692. The zero-order chi connectivity index (χ0) is 15.9. The first-order valence-corrected chi connectivity index (χ1v) is 8.17. The fourth-order valence-electron chi connectivity index (χ4n) is 3.17. The van der Waals surface area contributed by atoms with E-state index in [1.807, 2.05) is 6.07 Å². The fourth-order valence-corrected chi connectivity index (χ4v) is 3.17. The summed E-state index contributed by atoms with van der Waals surface area (Å²) < 4.78 is 11.0. The summed E-state index contributed by atoms with van der Waals surface area (Å²) in [6.07, 6.45) is 4.36. The number of rotatable bonds is 5. The summed E-state index contributed by atoms with van der Waals surface area (Å²) in [5.74, 6) is 0.465. The summed E-state index contributed by atoms with van der Waals surface area (Å²) in [6.45, 7) is 5.53. The molecule has 2 aliphatic heterocycles. The number of nitrogens with zero attached hydrogens (tertiary/aromatic N) is 2. The Balaban J connectivity index is 1.54. The van der Waals surface area contributed by atoms with Gasteiger partial charge in [0.2, 0.25) is 0 Å². The predicted molar refractivity (Wildman–Crippen MR) is 86.4 cm³/mol. The Labute approximate surface area is 136 Å². The molecule has 0 aromatic carbocycles. The van der Waals surface area contributed by atoms with Crippen LogP contribution in [0.5, 0.6) is 0 Å². The first-order chi connectivity index (χ1) is 11.3. The third-order valence-corrected chi connectivity index (χ3v) is 4.41. The van der Waals surface area contributed by atoms with E-state index in [0.717, 1.165) is 45.9 Å². The highest BCUT2D eigenvalue weighted by atomic mass is 16.5. The second-order valence-electron chi connectivity index (χ2n) is 5.92. The average molecular weight is 320 g/mol. The monoisotopic (exact) mass is 320 g/mol. The second kappa shape index (κ2) is 8.24. The van der Waals surface area contributed by atoms with Gasteiger partial charge >= 0.3 is 6.03 Å². The number of anilines is 1. The molecule has 2 fully saturated rings. The Bertz CT molecular complexity index is 487. The quantitative estimate of drug-likeness (QED) is 0.844. The normalized spacial score (nSPS) is 23.4. The standard InChI is InChI=1S/C16H24N4O3/c21-16(19-14-2-1-4-17-10-14)18-11-15(13-3-7-23-12-13)20-5-8-22-9-6-20/h1-2,4,10,13,15H,3,5-9,11-12H2,(H2,18,19,21)/t13-,15+/m0/s1. The lowest BCUT2D eigenvalue weighted by Crippen LogP contribution is -2.52. The number of nitrogens with one attached hydrogen (secondary N) is 2. The van der Waals surface area contributed by atoms with E-state index >= 15 is 0 Å². The Morgan fingerprint density at radius 1 is 1.35 bits per heavy atom. The molecule has 0 bridgehead atoms. The number of carbonyl (C=O) groups excluding carboxylic acids is 1. The van der Waals surface area contributed by atoms with Crippen LogP contribution in [-0.2, 0) is 9.47 Å². The summed E-state index contributed by atoms with van der Waals surface area (Å²) in [7, 11) is 0. The van der Waals surface area contributed by atoms with Crippen LogP contribution in [0.25, 0.3) is 0 Å². The number of carbonyl (C=O) groups is 1. The van der Waals surface area contributed by atoms with Gasteiger partial charge in [-0.15, -0.1) is 0 Å². The van der Waals surface area contributed by atoms with Crippen molar-refractivity contribution in [2.45, 2.75) is 12.5 Å². The lowest BCUT2D eigenvalue weighted by molar-refractivity contribution is 0.00222. The van der Waals surface area contributed by atoms with Gasteiger partial charge in [-0.25, -0.2) is 4.79 Å². The summed E-state index contributed by atoms with van der Waals surface area (Å²) >= 11 is 0. The van der Waals surface area contributed by atoms with Crippen LogP contribution in [0.15, 0.2) is 24.5 Å². The Morgan fingerprint density at radius 3 is 2.91 bits per heavy atom. The van der Waals surface area contributed by atoms with Crippen molar-refractivity contribution in [2.24, 2.45) is 5.92 Å². The minimum absolute atomic E-state index is 0.199. The predicted octanol–water partition coefficient (Wildman–Crippen LogP) is 0.940. The van der Waals surface area contributed by atoms with Crippen LogP contribution in [-0.4, -0.2) is 68.0 Å². The van der Waals surface area contributed by atoms with E-state index in [-0.39, 0.29) is 6.03 Å². The van der Waals surface area contributed by atoms with Gasteiger partial charge in [0.25, 0.3) is 0 Å². The molecule has 7 heteroatoms. The van der Waals surface area contributed by atoms with Gasteiger partial charge in [0, 0.05) is 44.4 Å². The number of amides is 2. The molecule has 2 atom stereocenters. The Hall–Kier alpha value is -1.70. The number of aromatic nitrogens is 1. The van der Waals surface area contributed by atoms with Crippen LogP contribution >= 0.6 is 0 Å². The van der Waals surface area contributed by atoms with Gasteiger partial charge in [-0.3, -0.25) is 9.88 Å². The Kier molecular flexibility index (Phi) is 5.79. The van der Waals surface area contributed by atoms with Crippen LogP contribution in [0.2, 0.25) is 0 Å². The molecule has 3 rings (SSSR count). The van der Waals surface area contributed by atoms with Crippen molar-refractivity contribution in [1.29, 1.82) is 0 Å². The third kappa shape index (κ3) is 4.63. The van der Waals surface area contributed by atoms with Crippen molar-refractivity contribution in [3.63, 3.8) is 0 Å². The first kappa shape index (κ1) is 16.2. The van der Waals surface area contributed by atoms with Crippen LogP contribution in [0.3, 0.4) is 0 Å². The minimum Gasteiger partial charge on any atom is -0.381 e. The highest BCUT2D eigenvalue weighted by Gasteiger charge is 2.31. The number of urea groups is 1. The van der Waals surface area contributed by atoms with E-state index in [9.17, 15) is 4.79 Å². The van der Waals surface area contributed by atoms with Crippen molar-refractivity contribution in [3.8, 4) is 0 Å². The molecule has 2 amide bonds. The smallest absolute Gasteiger partial charge is 0.319 e. The molecule has 0 spiro atoms. The topological polar surface area (TPSA) is 75.7 Å². The summed E-state index contributed by atoms with van der Waals surface area (Å²) in [5, 5.41) is 5.79. The summed E-state index contributed by atoms with van der Waals surface area (Å²) in [6, 6.07) is 3.70. The molecule has 1 aromatic rings. The lowest BCUT2D eigenvalue weighted by Gasteiger charge is -2.37. The number of ether oxygens (including phenoxy) is 2. The van der Waals surface area contributed by atoms with E-state index in [0.29, 0.717) is 24.2 Å². The van der Waals surface area contributed by atoms with Crippen molar-refractivity contribution in [1.82, 2.24) is 15.2 Å². The van der Waals surface area contributed by atoms with E-state index in [1.54, 1.807) is 18.5 Å². The van der Waals surface area contributed by atoms with Gasteiger partial charge < -0.3 is 20.1 Å². The maximum absolute atomic E-state index is 12.1. The van der Waals surface area contributed by atoms with Crippen LogP contribution in [0.1, 0.15) is 6.42 Å². The van der Waals surface area contributed by atoms with E-state index < -0.39 is 0 Å². The van der Waals surface area contributed by atoms with Crippen LogP contribution < -0.4 is 10.6 Å². The van der Waals surface area contributed by atoms with Crippen LogP contribution in [0.4, 0.5) is 10.5 Å². The highest BCUT2D eigenvalue weighted by Crippen LogP contribution is 2.21. The largest absolute Gasteiger partial charge is 0.381 e. The van der Waals surface area contributed by atoms with E-state index in [2.05, 4.69) is 20.5 Å². The summed E-state index contributed by atoms with van der Waals surface area (Å²) in [4.78, 5) is 18.5. The fraction of sp³-hybridized carbons (Fsp3) is 0.625. The maximum atomic E-state index is 12.1. The SMILES string of the molecule is O=C(NC[C@H]([C@H]1CCOC1)N1CCOCC1)Nc1cccnc1. The highest BCUT2D eigenvalue weighted by molar-refractivity contribution is 5.88. The molecule has 23 heavy (non-hydrogen) atoms. The third-order valence-electron chi connectivity index (χ3n) is 4.41. The molecule has 0 radical (unpaired) electrons. The molecule has 2 N–H and O–H groups in total. The molecule has 3 heterocycles. The van der Waals surface area contributed by atoms with Gasteiger partial charge in [-0.1, -0.05) is 0 Å². The van der Waals surface area contributed by atoms with Gasteiger partial charge in [0.15, 0.2) is 0 Å². The lowest BCUT2D eigenvalue weighted by atomic mass is 9.97. The Morgan fingerprint density at radius 2 is 2.22 bits per heavy atom. The molecule has 126 valence electrons. The number of morpholine rings is 1. The number of hydrogen-bond acceptors (Lipinski definition) is 5. The van der Waals surface area contributed by atoms with E-state index in [4.69, 9.17) is 9.47 Å². The second-order valence-corrected chi connectivity index (χ2v) is 5.92. The maximum Gasteiger partial charge on any atom is 0.319 e. The van der Waals surface area contributed by atoms with Crippen molar-refractivity contribution in [2.75, 3.05) is 51.4 Å². The van der Waals surface area contributed by atoms with E-state index in [1.165, 1.54) is 0 Å². The average Bonchev–Trinajstić information content (AvgIpc) is 3.11. The molecule has 2 aliphatic rings. The van der Waals surface area contributed by atoms with Gasteiger partial charge in [0.05, 0.1) is 31.7 Å². The number of hydrogen-bond donors (Lipinski definition) is 2. The van der Waals surface area contributed by atoms with Gasteiger partial charge in [-0.05, 0) is 18.6 Å². The zero-order valence-corrected chi connectivity index (χ0v) is 13.2. The van der Waals surface area contributed by atoms with Crippen molar-refractivity contribution < 1.29 is 14.3 Å².